The summed E-state index contributed by atoms with van der Waals surface area (Å²) in [4.78, 5) is 25.5. The third-order valence-electron chi connectivity index (χ3n) is 2.33. The van der Waals surface area contributed by atoms with Crippen LogP contribution in [0.5, 0.6) is 0 Å². The smallest absolute Gasteiger partial charge is 0.264 e. The molecule has 5 nitrogen and oxygen atoms in total. The molecule has 1 rings (SSSR count). The van der Waals surface area contributed by atoms with E-state index in [9.17, 15) is 9.59 Å². The second-order valence-corrected chi connectivity index (χ2v) is 4.79. The number of rotatable bonds is 7. The molecule has 0 aliphatic carbocycles. The monoisotopic (exact) mass is 305 g/mol. The van der Waals surface area contributed by atoms with Gasteiger partial charge in [-0.2, -0.15) is 0 Å². The lowest BCUT2D eigenvalue weighted by Crippen LogP contribution is -2.40. The Morgan fingerprint density at radius 1 is 1.37 bits per heavy atom. The summed E-state index contributed by atoms with van der Waals surface area (Å²) in [5, 5.41) is 7.71. The van der Waals surface area contributed by atoms with Gasteiger partial charge in [0.2, 0.25) is 5.91 Å². The van der Waals surface area contributed by atoms with Gasteiger partial charge >= 0.3 is 0 Å². The normalized spacial score (nSPS) is 9.58. The van der Waals surface area contributed by atoms with Gasteiger partial charge in [0.05, 0.1) is 11.4 Å². The van der Waals surface area contributed by atoms with Crippen LogP contribution in [0, 0.1) is 0 Å². The number of carbonyl (C=O) groups is 2. The van der Waals surface area contributed by atoms with E-state index in [0.717, 1.165) is 13.1 Å². The van der Waals surface area contributed by atoms with Crippen molar-refractivity contribution in [2.45, 2.75) is 6.92 Å². The Morgan fingerprint density at radius 2 is 2.11 bits per heavy atom. The van der Waals surface area contributed by atoms with E-state index in [0.29, 0.717) is 11.4 Å². The van der Waals surface area contributed by atoms with Gasteiger partial charge in [-0.25, -0.2) is 0 Å². The molecule has 0 aliphatic rings. The molecule has 0 spiro atoms. The van der Waals surface area contributed by atoms with E-state index in [4.69, 9.17) is 0 Å². The van der Waals surface area contributed by atoms with Crippen LogP contribution in [0.3, 0.4) is 0 Å². The number of likely N-dealkylation sites (N-methyl/N-ethyl adjacent to an activating group) is 2. The molecule has 0 unspecified atom stereocenters. The second-order valence-electron chi connectivity index (χ2n) is 3.84. The number of halogens is 1. The maximum atomic E-state index is 11.9. The average molecular weight is 306 g/mol. The van der Waals surface area contributed by atoms with Crippen LogP contribution < -0.4 is 10.6 Å². The van der Waals surface area contributed by atoms with Crippen molar-refractivity contribution in [1.29, 1.82) is 0 Å². The highest BCUT2D eigenvalue weighted by Crippen LogP contribution is 2.10. The first-order valence-electron chi connectivity index (χ1n) is 5.91. The van der Waals surface area contributed by atoms with E-state index < -0.39 is 0 Å². The molecule has 0 bridgehead atoms. The largest absolute Gasteiger partial charge is 0.353 e. The van der Waals surface area contributed by atoms with Crippen LogP contribution >= 0.6 is 23.7 Å². The summed E-state index contributed by atoms with van der Waals surface area (Å²) in [7, 11) is 1.63. The SMILES string of the molecule is CCNCCNC(=O)CN(C)C(=O)c1cccs1.Cl. The molecule has 1 aromatic rings. The highest BCUT2D eigenvalue weighted by atomic mass is 35.5. The summed E-state index contributed by atoms with van der Waals surface area (Å²) in [5.41, 5.74) is 0. The van der Waals surface area contributed by atoms with Crippen molar-refractivity contribution >= 4 is 35.6 Å². The zero-order valence-corrected chi connectivity index (χ0v) is 12.8. The second kappa shape index (κ2) is 9.77. The molecule has 0 saturated carbocycles. The molecule has 2 amide bonds. The van der Waals surface area contributed by atoms with Gasteiger partial charge in [-0.15, -0.1) is 23.7 Å². The summed E-state index contributed by atoms with van der Waals surface area (Å²) >= 11 is 1.38. The number of hydrogen-bond acceptors (Lipinski definition) is 4. The fraction of sp³-hybridized carbons (Fsp3) is 0.500. The lowest BCUT2D eigenvalue weighted by Gasteiger charge is -2.15. The molecule has 2 N–H and O–H groups in total. The Balaban J connectivity index is 0.00000324. The summed E-state index contributed by atoms with van der Waals surface area (Å²) in [6.07, 6.45) is 0. The number of nitrogens with zero attached hydrogens (tertiary/aromatic N) is 1. The Kier molecular flexibility index (Phi) is 9.20. The van der Waals surface area contributed by atoms with Crippen molar-refractivity contribution < 1.29 is 9.59 Å². The van der Waals surface area contributed by atoms with Gasteiger partial charge < -0.3 is 15.5 Å². The lowest BCUT2D eigenvalue weighted by atomic mass is 10.4. The van der Waals surface area contributed by atoms with E-state index in [1.807, 2.05) is 18.4 Å². The van der Waals surface area contributed by atoms with Gasteiger partial charge in [-0.1, -0.05) is 13.0 Å². The highest BCUT2D eigenvalue weighted by molar-refractivity contribution is 7.12. The first-order chi connectivity index (χ1) is 8.65. The minimum absolute atomic E-state index is 0. The van der Waals surface area contributed by atoms with Gasteiger partial charge in [0, 0.05) is 20.1 Å². The summed E-state index contributed by atoms with van der Waals surface area (Å²) in [6, 6.07) is 3.58. The van der Waals surface area contributed by atoms with Crippen LogP contribution in [0.15, 0.2) is 17.5 Å². The molecule has 1 heterocycles. The maximum Gasteiger partial charge on any atom is 0.264 e. The Labute approximate surface area is 123 Å². The van der Waals surface area contributed by atoms with Gasteiger partial charge in [0.15, 0.2) is 0 Å². The van der Waals surface area contributed by atoms with Crippen molar-refractivity contribution in [3.8, 4) is 0 Å². The van der Waals surface area contributed by atoms with Crippen LogP contribution in [-0.2, 0) is 4.79 Å². The number of amides is 2. The number of nitrogens with one attached hydrogen (secondary N) is 2. The predicted molar refractivity (Wildman–Crippen MR) is 80.1 cm³/mol. The number of hydrogen-bond donors (Lipinski definition) is 2. The predicted octanol–water partition coefficient (Wildman–Crippen LogP) is 0.968. The van der Waals surface area contributed by atoms with Crippen molar-refractivity contribution in [3.63, 3.8) is 0 Å². The Bertz CT molecular complexity index is 384. The fourth-order valence-electron chi connectivity index (χ4n) is 1.40. The first-order valence-corrected chi connectivity index (χ1v) is 6.79. The average Bonchev–Trinajstić information content (AvgIpc) is 2.87. The molecule has 7 heteroatoms. The third kappa shape index (κ3) is 6.56. The minimum atomic E-state index is -0.139. The Hall–Kier alpha value is -1.11. The van der Waals surface area contributed by atoms with Gasteiger partial charge in [0.25, 0.3) is 5.91 Å². The lowest BCUT2D eigenvalue weighted by molar-refractivity contribution is -0.121. The molecular formula is C12H20ClN3O2S. The van der Waals surface area contributed by atoms with E-state index in [1.54, 1.807) is 13.1 Å². The minimum Gasteiger partial charge on any atom is -0.353 e. The molecule has 0 saturated heterocycles. The van der Waals surface area contributed by atoms with Crippen LogP contribution in [0.1, 0.15) is 16.6 Å². The van der Waals surface area contributed by atoms with Crippen LogP contribution in [0.25, 0.3) is 0 Å². The topological polar surface area (TPSA) is 61.4 Å². The van der Waals surface area contributed by atoms with Crippen molar-refractivity contribution in [3.05, 3.63) is 22.4 Å². The Morgan fingerprint density at radius 3 is 2.68 bits per heavy atom. The third-order valence-corrected chi connectivity index (χ3v) is 3.19. The molecule has 0 atom stereocenters. The van der Waals surface area contributed by atoms with Crippen LogP contribution in [0.4, 0.5) is 0 Å². The van der Waals surface area contributed by atoms with E-state index in [-0.39, 0.29) is 30.8 Å². The maximum absolute atomic E-state index is 11.9. The molecule has 108 valence electrons. The molecule has 1 aromatic heterocycles. The van der Waals surface area contributed by atoms with Crippen molar-refractivity contribution in [2.75, 3.05) is 33.2 Å². The van der Waals surface area contributed by atoms with Gasteiger partial charge in [-0.3, -0.25) is 9.59 Å². The van der Waals surface area contributed by atoms with Crippen molar-refractivity contribution in [2.24, 2.45) is 0 Å². The number of thiophene rings is 1. The zero-order valence-electron chi connectivity index (χ0n) is 11.1. The van der Waals surface area contributed by atoms with Crippen LogP contribution in [0.2, 0.25) is 0 Å². The van der Waals surface area contributed by atoms with E-state index >= 15 is 0 Å². The highest BCUT2D eigenvalue weighted by Gasteiger charge is 2.15. The van der Waals surface area contributed by atoms with Gasteiger partial charge in [-0.05, 0) is 18.0 Å². The zero-order chi connectivity index (χ0) is 13.4. The molecule has 0 radical (unpaired) electrons. The van der Waals surface area contributed by atoms with Crippen molar-refractivity contribution in [1.82, 2.24) is 15.5 Å². The fourth-order valence-corrected chi connectivity index (χ4v) is 2.12. The van der Waals surface area contributed by atoms with Gasteiger partial charge in [0.1, 0.15) is 0 Å². The molecule has 0 fully saturated rings. The van der Waals surface area contributed by atoms with E-state index in [1.165, 1.54) is 16.2 Å². The molecular weight excluding hydrogens is 286 g/mol. The quantitative estimate of drug-likeness (QED) is 0.738. The molecule has 0 aromatic carbocycles. The van der Waals surface area contributed by atoms with E-state index in [2.05, 4.69) is 10.6 Å². The summed E-state index contributed by atoms with van der Waals surface area (Å²) in [6.45, 7) is 4.29. The standard InChI is InChI=1S/C12H19N3O2S.ClH/c1-3-13-6-7-14-11(16)9-15(2)12(17)10-5-4-8-18-10;/h4-5,8,13H,3,6-7,9H2,1-2H3,(H,14,16);1H. The van der Waals surface area contributed by atoms with Crippen LogP contribution in [-0.4, -0.2) is 49.9 Å². The summed E-state index contributed by atoms with van der Waals surface area (Å²) < 4.78 is 0. The molecule has 0 aliphatic heterocycles. The summed E-state index contributed by atoms with van der Waals surface area (Å²) in [5.74, 6) is -0.257. The first kappa shape index (κ1) is 17.9. The number of carbonyl (C=O) groups excluding carboxylic acids is 2. The molecule has 19 heavy (non-hydrogen) atoms.